The van der Waals surface area contributed by atoms with Crippen molar-refractivity contribution in [2.75, 3.05) is 46.8 Å². The number of rotatable bonds is 27. The smallest absolute Gasteiger partial charge is 0.345 e. The lowest BCUT2D eigenvalue weighted by Crippen LogP contribution is -2.28. The Morgan fingerprint density at radius 3 is 2.23 bits per heavy atom. The number of para-hydroxylation sites is 1. The number of aromatic nitrogens is 2. The first-order valence-corrected chi connectivity index (χ1v) is 20.1. The molecule has 13 heteroatoms. The van der Waals surface area contributed by atoms with Gasteiger partial charge in [-0.05, 0) is 61.3 Å². The molecule has 1 N–H and O–H groups in total. The van der Waals surface area contributed by atoms with E-state index in [1.54, 1.807) is 31.5 Å². The molecule has 12 nitrogen and oxygen atoms in total. The highest BCUT2D eigenvalue weighted by Crippen LogP contribution is 2.32. The van der Waals surface area contributed by atoms with Gasteiger partial charge in [-0.25, -0.2) is 14.8 Å². The highest BCUT2D eigenvalue weighted by atomic mass is 28.3. The predicted octanol–water partition coefficient (Wildman–Crippen LogP) is 7.09. The van der Waals surface area contributed by atoms with Gasteiger partial charge < -0.3 is 38.0 Å². The van der Waals surface area contributed by atoms with Gasteiger partial charge in [0.25, 0.3) is 9.04 Å². The van der Waals surface area contributed by atoms with Gasteiger partial charge in [0.2, 0.25) is 6.10 Å². The average Bonchev–Trinajstić information content (AvgIpc) is 3.13. The Kier molecular flexibility index (Phi) is 19.8. The second-order valence-electron chi connectivity index (χ2n) is 12.3. The molecular formula is C39H55N2O10Si. The van der Waals surface area contributed by atoms with E-state index in [4.69, 9.17) is 37.8 Å². The molecule has 1 aromatic heterocycles. The molecule has 3 aromatic rings. The minimum Gasteiger partial charge on any atom is -0.542 e. The Hall–Kier alpha value is -4.04. The van der Waals surface area contributed by atoms with E-state index < -0.39 is 27.1 Å². The second-order valence-corrected chi connectivity index (χ2v) is 14.6. The van der Waals surface area contributed by atoms with Crippen LogP contribution in [0.4, 0.5) is 0 Å². The number of hydrogen-bond donors (Lipinski definition) is 1. The number of nitrogens with zero attached hydrogens (tertiary/aromatic N) is 2. The van der Waals surface area contributed by atoms with Gasteiger partial charge in [0.05, 0.1) is 44.3 Å². The van der Waals surface area contributed by atoms with E-state index >= 15 is 0 Å². The zero-order valence-corrected chi connectivity index (χ0v) is 32.3. The van der Waals surface area contributed by atoms with Gasteiger partial charge >= 0.3 is 11.9 Å². The molecule has 0 fully saturated rings. The zero-order valence-electron chi connectivity index (χ0n) is 31.3. The fraction of sp³-hybridized carbons (Fsp3) is 0.538. The SMILES string of the molecule is CCCCC(CCCC)[Si](C)Oc1ccc(OCc2ccnc(-c3ccccc3OCCOCCOCCOC)n2)c(CC(OC(C)=O)C(=O)O)c1. The Labute approximate surface area is 309 Å². The topological polar surface area (TPSA) is 145 Å². The summed E-state index contributed by atoms with van der Waals surface area (Å²) in [5, 5.41) is 9.84. The van der Waals surface area contributed by atoms with Crippen LogP contribution in [0.15, 0.2) is 54.7 Å². The summed E-state index contributed by atoms with van der Waals surface area (Å²) in [6.07, 6.45) is 7.02. The van der Waals surface area contributed by atoms with Gasteiger partial charge in [-0.1, -0.05) is 51.7 Å². The normalized spacial score (nSPS) is 11.8. The number of unbranched alkanes of at least 4 members (excludes halogenated alkanes) is 2. The second kappa shape index (κ2) is 24.2. The summed E-state index contributed by atoms with van der Waals surface area (Å²) in [5.41, 5.74) is 2.38. The number of aliphatic carboxylic acids is 1. The van der Waals surface area contributed by atoms with Crippen LogP contribution in [0.25, 0.3) is 11.4 Å². The van der Waals surface area contributed by atoms with Crippen LogP contribution in [0.1, 0.15) is 70.6 Å². The largest absolute Gasteiger partial charge is 0.542 e. The van der Waals surface area contributed by atoms with E-state index in [0.717, 1.165) is 38.5 Å². The van der Waals surface area contributed by atoms with Crippen molar-refractivity contribution < 1.29 is 47.5 Å². The summed E-state index contributed by atoms with van der Waals surface area (Å²) in [5.74, 6) is 0.248. The van der Waals surface area contributed by atoms with Crippen molar-refractivity contribution in [3.05, 3.63) is 66.0 Å². The molecule has 1 heterocycles. The quantitative estimate of drug-likeness (QED) is 0.0484. The van der Waals surface area contributed by atoms with E-state index in [9.17, 15) is 14.7 Å². The monoisotopic (exact) mass is 739 g/mol. The van der Waals surface area contributed by atoms with Crippen LogP contribution < -0.4 is 13.9 Å². The number of carbonyl (C=O) groups excluding carboxylic acids is 1. The molecule has 285 valence electrons. The lowest BCUT2D eigenvalue weighted by atomic mass is 10.1. The number of methoxy groups -OCH3 is 1. The summed E-state index contributed by atoms with van der Waals surface area (Å²) in [6, 6.07) is 14.7. The van der Waals surface area contributed by atoms with Crippen LogP contribution in [0, 0.1) is 0 Å². The fourth-order valence-corrected chi connectivity index (χ4v) is 7.32. The predicted molar refractivity (Wildman–Crippen MR) is 199 cm³/mol. The van der Waals surface area contributed by atoms with E-state index in [0.29, 0.717) is 85.1 Å². The lowest BCUT2D eigenvalue weighted by Gasteiger charge is -2.24. The molecule has 0 aliphatic carbocycles. The lowest BCUT2D eigenvalue weighted by molar-refractivity contribution is -0.162. The summed E-state index contributed by atoms with van der Waals surface area (Å²) < 4.78 is 39.9. The molecule has 0 aliphatic heterocycles. The molecule has 2 aromatic carbocycles. The molecule has 52 heavy (non-hydrogen) atoms. The fourth-order valence-electron chi connectivity index (χ4n) is 5.43. The van der Waals surface area contributed by atoms with E-state index in [2.05, 4.69) is 25.4 Å². The maximum absolute atomic E-state index is 12.1. The molecular weight excluding hydrogens is 685 g/mol. The van der Waals surface area contributed by atoms with Crippen LogP contribution in [0.5, 0.6) is 17.2 Å². The third-order valence-corrected chi connectivity index (χ3v) is 10.5. The van der Waals surface area contributed by atoms with Gasteiger partial charge in [-0.3, -0.25) is 4.79 Å². The van der Waals surface area contributed by atoms with Crippen LogP contribution >= 0.6 is 0 Å². The number of esters is 1. The van der Waals surface area contributed by atoms with Gasteiger partial charge in [-0.2, -0.15) is 0 Å². The molecule has 1 radical (unpaired) electrons. The zero-order chi connectivity index (χ0) is 37.6. The van der Waals surface area contributed by atoms with E-state index in [1.165, 1.54) is 6.92 Å². The number of carboxylic acids is 1. The molecule has 0 spiro atoms. The summed E-state index contributed by atoms with van der Waals surface area (Å²) >= 11 is 0. The van der Waals surface area contributed by atoms with Crippen molar-refractivity contribution in [2.24, 2.45) is 0 Å². The van der Waals surface area contributed by atoms with Crippen molar-refractivity contribution >= 4 is 21.0 Å². The van der Waals surface area contributed by atoms with Crippen molar-refractivity contribution in [1.82, 2.24) is 9.97 Å². The first-order chi connectivity index (χ1) is 25.2. The number of carbonyl (C=O) groups is 2. The van der Waals surface area contributed by atoms with Gasteiger partial charge in [-0.15, -0.1) is 0 Å². The summed E-state index contributed by atoms with van der Waals surface area (Å²) in [7, 11) is 0.425. The molecule has 3 rings (SSSR count). The third-order valence-electron chi connectivity index (χ3n) is 8.19. The van der Waals surface area contributed by atoms with Gasteiger partial charge in [0.15, 0.2) is 5.82 Å². The highest BCUT2D eigenvalue weighted by molar-refractivity contribution is 6.52. The third kappa shape index (κ3) is 15.3. The molecule has 0 amide bonds. The molecule has 0 aliphatic rings. The number of benzene rings is 2. The van der Waals surface area contributed by atoms with Crippen LogP contribution in [-0.2, 0) is 41.6 Å². The minimum atomic E-state index is -1.38. The molecule has 1 unspecified atom stereocenters. The van der Waals surface area contributed by atoms with Gasteiger partial charge in [0, 0.05) is 32.2 Å². The maximum Gasteiger partial charge on any atom is 0.345 e. The van der Waals surface area contributed by atoms with Crippen molar-refractivity contribution in [1.29, 1.82) is 0 Å². The minimum absolute atomic E-state index is 0.0796. The molecule has 1 atom stereocenters. The van der Waals surface area contributed by atoms with E-state index in [-0.39, 0.29) is 13.0 Å². The van der Waals surface area contributed by atoms with Crippen molar-refractivity contribution in [2.45, 2.75) is 90.5 Å². The standard InChI is InChI=1S/C39H55N2O10Si/c1-6-8-12-33(13-9-7-2)52(5)51-32-16-17-35(30(26-32)27-37(39(43)44)50-29(3)42)49-28-31-18-19-40-38(41-31)34-14-10-11-15-36(34)48-25-24-47-23-22-46-21-20-45-4/h10-11,14-19,26,33,37H,6-9,12-13,20-25,27-28H2,1-5H3,(H,43,44). The van der Waals surface area contributed by atoms with Crippen LogP contribution in [0.3, 0.4) is 0 Å². The average molecular weight is 740 g/mol. The first kappa shape index (κ1) is 42.4. The number of ether oxygens (including phenoxy) is 6. The molecule has 0 saturated heterocycles. The molecule has 0 bridgehead atoms. The maximum atomic E-state index is 12.1. The van der Waals surface area contributed by atoms with Crippen molar-refractivity contribution in [3.63, 3.8) is 0 Å². The first-order valence-electron chi connectivity index (χ1n) is 18.1. The number of hydrogen-bond acceptors (Lipinski definition) is 11. The Morgan fingerprint density at radius 2 is 1.56 bits per heavy atom. The van der Waals surface area contributed by atoms with E-state index in [1.807, 2.05) is 30.3 Å². The Morgan fingerprint density at radius 1 is 0.865 bits per heavy atom. The Bertz CT molecular complexity index is 1480. The Balaban J connectivity index is 1.74. The highest BCUT2D eigenvalue weighted by Gasteiger charge is 2.26. The van der Waals surface area contributed by atoms with Crippen LogP contribution in [0.2, 0.25) is 12.1 Å². The van der Waals surface area contributed by atoms with Gasteiger partial charge in [0.1, 0.15) is 30.5 Å². The van der Waals surface area contributed by atoms with Crippen LogP contribution in [-0.4, -0.2) is 88.9 Å². The number of carboxylic acid groups (broad SMARTS) is 1. The summed E-state index contributed by atoms with van der Waals surface area (Å²) in [4.78, 5) is 33.0. The van der Waals surface area contributed by atoms with Crippen molar-refractivity contribution in [3.8, 4) is 28.6 Å². The summed E-state index contributed by atoms with van der Waals surface area (Å²) in [6.45, 7) is 10.6. The molecule has 0 saturated carbocycles.